The van der Waals surface area contributed by atoms with Gasteiger partial charge in [0.15, 0.2) is 59.2 Å². The van der Waals surface area contributed by atoms with Crippen molar-refractivity contribution in [3.63, 3.8) is 0 Å². The molecule has 0 bridgehead atoms. The lowest BCUT2D eigenvalue weighted by molar-refractivity contribution is -0.373. The van der Waals surface area contributed by atoms with Gasteiger partial charge < -0.3 is 177 Å². The van der Waals surface area contributed by atoms with Crippen molar-refractivity contribution >= 4 is 35.5 Å². The second kappa shape index (κ2) is 38.2. The summed E-state index contributed by atoms with van der Waals surface area (Å²) in [7, 11) is 0. The van der Waals surface area contributed by atoms with Gasteiger partial charge in [0.25, 0.3) is 0 Å². The predicted octanol–water partition coefficient (Wildman–Crippen LogP) is -7.41. The number of carboxylic acid groups (broad SMARTS) is 2. The average molecular weight is 1340 g/mol. The number of ether oxygens (including phenoxy) is 9. The maximum absolute atomic E-state index is 11.5. The van der Waals surface area contributed by atoms with Crippen molar-refractivity contribution in [2.24, 2.45) is 11.5 Å². The number of hydrogen-bond acceptors (Lipinski definition) is 39. The van der Waals surface area contributed by atoms with E-state index in [1.807, 2.05) is 0 Å². The first-order valence-electron chi connectivity index (χ1n) is 26.8. The van der Waals surface area contributed by atoms with Crippen LogP contribution >= 0.6 is 23.5 Å². The van der Waals surface area contributed by atoms with Gasteiger partial charge in [-0.2, -0.15) is 23.5 Å². The molecule has 3 rings (SSSR count). The van der Waals surface area contributed by atoms with Crippen LogP contribution < -0.4 is 11.5 Å². The highest BCUT2D eigenvalue weighted by molar-refractivity contribution is 7.99. The SMILES string of the molecule is C/C(O)=C(/O)[C@@H](CCO)O[C@H]1OC(CO)[C@@H](O[C@@H](O)/C(O)=C(\O)[C@@H](CCO)O[C@@H]2OC(CSC[C@@H](N)C(=O)O)[C@@H](O[C@H](O)/C(O)=C(\O)[C@@H](CCO)O[C@H](O)/C(O)=C(\O)[C@@H](CCO)O[C@H]3OC(CSC[C@@H](N)C(=O)O)[C@@H](OO)C(O)C3O)C(O)C2O)C(O)C1O. The lowest BCUT2D eigenvalue weighted by atomic mass is 9.98. The Morgan fingerprint density at radius 1 is 0.438 bits per heavy atom. The number of thioether (sulfide) groups is 2. The second-order valence-corrected chi connectivity index (χ2v) is 22.0. The van der Waals surface area contributed by atoms with Crippen LogP contribution in [0.4, 0.5) is 0 Å². The number of carboxylic acids is 2. The third-order valence-electron chi connectivity index (χ3n) is 13.4. The highest BCUT2D eigenvalue weighted by Gasteiger charge is 2.51. The molecule has 0 amide bonds. The summed E-state index contributed by atoms with van der Waals surface area (Å²) in [4.78, 5) is 26.9. The van der Waals surface area contributed by atoms with Gasteiger partial charge in [-0.15, -0.1) is 0 Å². The summed E-state index contributed by atoms with van der Waals surface area (Å²) in [5.41, 5.74) is 11.1. The Bertz CT molecular complexity index is 2290. The number of carbonyl (C=O) groups is 2. The molecule has 0 aromatic carbocycles. The van der Waals surface area contributed by atoms with Crippen molar-refractivity contribution in [3.8, 4) is 0 Å². The van der Waals surface area contributed by atoms with Gasteiger partial charge in [0.1, 0.15) is 109 Å². The minimum atomic E-state index is -2.84. The Balaban J connectivity index is 1.88. The Kier molecular flexibility index (Phi) is 34.0. The first kappa shape index (κ1) is 79.2. The van der Waals surface area contributed by atoms with Gasteiger partial charge in [0.05, 0.1) is 12.7 Å². The third-order valence-corrected chi connectivity index (χ3v) is 15.7. The van der Waals surface area contributed by atoms with E-state index in [1.165, 1.54) is 0 Å². The fourth-order valence-corrected chi connectivity index (χ4v) is 10.6. The van der Waals surface area contributed by atoms with E-state index in [0.29, 0.717) is 11.8 Å². The number of allylic oxidation sites excluding steroid dienone is 1. The van der Waals surface area contributed by atoms with Crippen molar-refractivity contribution in [1.82, 2.24) is 0 Å². The summed E-state index contributed by atoms with van der Waals surface area (Å²) in [5, 5.41) is 262. The minimum absolute atomic E-state index is 0.213. The van der Waals surface area contributed by atoms with Crippen molar-refractivity contribution in [2.45, 2.75) is 180 Å². The summed E-state index contributed by atoms with van der Waals surface area (Å²) in [6.45, 7) is -3.37. The van der Waals surface area contributed by atoms with E-state index in [0.717, 1.165) is 18.7 Å². The molecule has 29 N–H and O–H groups in total. The van der Waals surface area contributed by atoms with Crippen molar-refractivity contribution in [1.29, 1.82) is 0 Å². The quantitative estimate of drug-likeness (QED) is 0.0118. The van der Waals surface area contributed by atoms with Gasteiger partial charge in [-0.3, -0.25) is 14.8 Å². The first-order valence-corrected chi connectivity index (χ1v) is 29.1. The molecule has 0 radical (unpaired) electrons. The number of aliphatic hydroxyl groups excluding tert-OH is 22. The Labute approximate surface area is 512 Å². The molecular formula is C48H82N2O37S2. The zero-order valence-electron chi connectivity index (χ0n) is 47.1. The molecule has 0 spiro atoms. The lowest BCUT2D eigenvalue weighted by Crippen LogP contribution is -2.61. The summed E-state index contributed by atoms with van der Waals surface area (Å²) in [6, 6.07) is -2.89. The summed E-state index contributed by atoms with van der Waals surface area (Å²) >= 11 is 1.54. The molecule has 41 heteroatoms. The van der Waals surface area contributed by atoms with Gasteiger partial charge >= 0.3 is 11.9 Å². The Hall–Kier alpha value is -4.08. The Morgan fingerprint density at radius 2 is 0.753 bits per heavy atom. The molecule has 0 aromatic heterocycles. The fraction of sp³-hybridized carbons (Fsp3) is 0.792. The smallest absolute Gasteiger partial charge is 0.321 e. The van der Waals surface area contributed by atoms with Crippen LogP contribution in [-0.2, 0) is 57.1 Å². The third kappa shape index (κ3) is 22.0. The van der Waals surface area contributed by atoms with Crippen LogP contribution in [0.2, 0.25) is 0 Å². The van der Waals surface area contributed by atoms with E-state index in [2.05, 4.69) is 4.89 Å². The van der Waals surface area contributed by atoms with E-state index in [1.54, 1.807) is 0 Å². The number of aliphatic carboxylic acids is 2. The molecule has 24 atom stereocenters. The normalized spacial score (nSPS) is 32.0. The number of hydrogen-bond donors (Lipinski definition) is 27. The molecule has 0 aliphatic carbocycles. The van der Waals surface area contributed by atoms with Gasteiger partial charge in [0.2, 0.25) is 18.9 Å². The fourth-order valence-electron chi connectivity index (χ4n) is 8.49. The monoisotopic (exact) mass is 1340 g/mol. The molecule has 89 heavy (non-hydrogen) atoms. The molecule has 0 aromatic rings. The standard InChI is InChI=1S/C48H82N2O37S2/c1-15(56)25(57)18(2-6-51)79-46-35(67)29(61)38(22(10-55)82-46)85-44(75)34(66)28(60)21(5-9-54)80-47-36(68)30(62)39(23(83-47)13-88-11-16(49)41(70)71)86-45(76)33(65)26(58)19(3-7-52)78-43(74)32(64)27(59)20(4-8-53)81-48-37(69)31(63)40(87-77)24(84-48)14-89-12-17(50)42(72)73/h16-24,29-31,35-40,43-48,51-69,74-77H,2-14,49-50H2,1H3,(H,70,71)(H,72,73)/b25-15-,32-27+,33-26+,34-28+/t16-,17-,18-,19-,20-,21-,22?,23?,24?,29?,30?,31?,35?,36?,37?,38-,39-,40-,43+,44-,45+,46+,47-,48+/m1/s1. The van der Waals surface area contributed by atoms with E-state index >= 15 is 0 Å². The largest absolute Gasteiger partial charge is 0.509 e. The van der Waals surface area contributed by atoms with Crippen LogP contribution in [0.1, 0.15) is 32.6 Å². The van der Waals surface area contributed by atoms with Crippen LogP contribution in [0.3, 0.4) is 0 Å². The van der Waals surface area contributed by atoms with Crippen molar-refractivity contribution in [3.05, 3.63) is 46.1 Å². The van der Waals surface area contributed by atoms with E-state index < -0.39 is 269 Å². The maximum Gasteiger partial charge on any atom is 0.321 e. The van der Waals surface area contributed by atoms with Gasteiger partial charge in [-0.1, -0.05) is 0 Å². The van der Waals surface area contributed by atoms with Crippen LogP contribution in [0.25, 0.3) is 0 Å². The molecule has 0 saturated carbocycles. The van der Waals surface area contributed by atoms with Crippen LogP contribution in [-0.4, -0.2) is 343 Å². The van der Waals surface area contributed by atoms with Crippen LogP contribution in [0.15, 0.2) is 46.1 Å². The predicted molar refractivity (Wildman–Crippen MR) is 291 cm³/mol. The molecule has 3 saturated heterocycles. The minimum Gasteiger partial charge on any atom is -0.509 e. The first-order chi connectivity index (χ1) is 41.9. The van der Waals surface area contributed by atoms with Gasteiger partial charge in [-0.25, -0.2) is 4.89 Å². The number of aliphatic hydroxyl groups is 22. The number of nitrogens with two attached hydrogens (primary N) is 2. The second-order valence-electron chi connectivity index (χ2n) is 19.9. The molecule has 3 heterocycles. The Morgan fingerprint density at radius 3 is 1.10 bits per heavy atom. The number of rotatable bonds is 39. The zero-order chi connectivity index (χ0) is 67.3. The topological polar surface area (TPSA) is 684 Å². The van der Waals surface area contributed by atoms with E-state index in [-0.39, 0.29) is 17.9 Å². The molecule has 518 valence electrons. The zero-order valence-corrected chi connectivity index (χ0v) is 48.7. The molecule has 39 nitrogen and oxygen atoms in total. The molecular weight excluding hydrogens is 1260 g/mol. The van der Waals surface area contributed by atoms with Crippen LogP contribution in [0.5, 0.6) is 0 Å². The molecule has 3 fully saturated rings. The molecule has 9 unspecified atom stereocenters. The lowest BCUT2D eigenvalue weighted by Gasteiger charge is -2.44. The van der Waals surface area contributed by atoms with Crippen molar-refractivity contribution in [2.75, 3.05) is 56.0 Å². The molecule has 3 aliphatic heterocycles. The maximum atomic E-state index is 11.5. The van der Waals surface area contributed by atoms with Gasteiger partial charge in [-0.05, 0) is 6.92 Å². The highest BCUT2D eigenvalue weighted by Crippen LogP contribution is 2.34. The van der Waals surface area contributed by atoms with Crippen molar-refractivity contribution < 1.29 is 185 Å². The summed E-state index contributed by atoms with van der Waals surface area (Å²) in [6.07, 6.45) is -48.6. The van der Waals surface area contributed by atoms with E-state index in [9.17, 15) is 132 Å². The average Bonchev–Trinajstić information content (AvgIpc) is 1.36. The summed E-state index contributed by atoms with van der Waals surface area (Å²) < 4.78 is 49.1. The van der Waals surface area contributed by atoms with Crippen LogP contribution in [0, 0.1) is 0 Å². The summed E-state index contributed by atoms with van der Waals surface area (Å²) in [5.74, 6) is -14.7. The van der Waals surface area contributed by atoms with E-state index in [4.69, 9.17) is 59.2 Å². The molecule has 3 aliphatic rings. The highest BCUT2D eigenvalue weighted by atomic mass is 32.2. The van der Waals surface area contributed by atoms with Gasteiger partial charge in [0, 0.05) is 75.1 Å².